The summed E-state index contributed by atoms with van der Waals surface area (Å²) in [5.41, 5.74) is 2.62. The summed E-state index contributed by atoms with van der Waals surface area (Å²) in [5, 5.41) is 12.9. The lowest BCUT2D eigenvalue weighted by Gasteiger charge is -2.36. The maximum Gasteiger partial charge on any atom is 0.247 e. The van der Waals surface area contributed by atoms with Crippen LogP contribution in [0.5, 0.6) is 5.75 Å². The molecule has 2 aliphatic rings. The molecular weight excluding hydrogens is 584 g/mol. The van der Waals surface area contributed by atoms with Crippen LogP contribution in [0, 0.1) is 5.41 Å². The van der Waals surface area contributed by atoms with E-state index in [1.807, 2.05) is 32.9 Å². The lowest BCUT2D eigenvalue weighted by atomic mass is 9.85. The van der Waals surface area contributed by atoms with Gasteiger partial charge in [0.15, 0.2) is 0 Å². The molecule has 0 aliphatic carbocycles. The minimum atomic E-state index is -0.797. The molecule has 46 heavy (non-hydrogen) atoms. The Morgan fingerprint density at radius 3 is 2.37 bits per heavy atom. The maximum absolute atomic E-state index is 13.9. The minimum absolute atomic E-state index is 0.272. The fourth-order valence-corrected chi connectivity index (χ4v) is 6.05. The number of nitrogens with one attached hydrogen (secondary N) is 4. The molecule has 3 heterocycles. The molecule has 0 spiro atoms. The van der Waals surface area contributed by atoms with E-state index < -0.39 is 23.5 Å². The van der Waals surface area contributed by atoms with Gasteiger partial charge < -0.3 is 35.8 Å². The molecule has 1 aromatic heterocycles. The molecule has 2 aliphatic heterocycles. The molecule has 246 valence electrons. The Morgan fingerprint density at radius 2 is 1.72 bits per heavy atom. The Balaban J connectivity index is 1.36. The van der Waals surface area contributed by atoms with E-state index in [1.165, 1.54) is 32.0 Å². The van der Waals surface area contributed by atoms with Crippen LogP contribution in [0.4, 0.5) is 22.9 Å². The van der Waals surface area contributed by atoms with E-state index in [4.69, 9.17) is 4.74 Å². The van der Waals surface area contributed by atoms with Gasteiger partial charge in [0.1, 0.15) is 30.0 Å². The summed E-state index contributed by atoms with van der Waals surface area (Å²) < 4.78 is 5.64. The van der Waals surface area contributed by atoms with Gasteiger partial charge in [0.25, 0.3) is 0 Å². The first-order valence-corrected chi connectivity index (χ1v) is 16.0. The molecule has 0 saturated carbocycles. The number of anilines is 4. The lowest BCUT2D eigenvalue weighted by molar-refractivity contribution is -0.143. The Kier molecular flexibility index (Phi) is 9.95. The van der Waals surface area contributed by atoms with E-state index in [2.05, 4.69) is 48.3 Å². The third-order valence-corrected chi connectivity index (χ3v) is 8.88. The molecule has 12 heteroatoms. The van der Waals surface area contributed by atoms with Crippen molar-refractivity contribution in [3.63, 3.8) is 0 Å². The number of likely N-dealkylation sites (tertiary alicyclic amines) is 1. The van der Waals surface area contributed by atoms with E-state index in [0.717, 1.165) is 18.8 Å². The average molecular weight is 631 g/mol. The van der Waals surface area contributed by atoms with E-state index in [9.17, 15) is 14.4 Å². The Bertz CT molecular complexity index is 1570. The van der Waals surface area contributed by atoms with Crippen molar-refractivity contribution in [1.82, 2.24) is 25.5 Å². The number of aromatic nitrogens is 2. The third-order valence-electron chi connectivity index (χ3n) is 8.88. The molecule has 2 aromatic carbocycles. The van der Waals surface area contributed by atoms with Crippen molar-refractivity contribution in [1.29, 1.82) is 0 Å². The van der Waals surface area contributed by atoms with Gasteiger partial charge in [-0.1, -0.05) is 20.8 Å². The summed E-state index contributed by atoms with van der Waals surface area (Å²) in [4.78, 5) is 53.3. The molecule has 3 amide bonds. The highest BCUT2D eigenvalue weighted by Crippen LogP contribution is 2.34. The van der Waals surface area contributed by atoms with Gasteiger partial charge in [-0.05, 0) is 75.4 Å². The second-order valence-corrected chi connectivity index (χ2v) is 13.2. The van der Waals surface area contributed by atoms with Crippen molar-refractivity contribution in [2.24, 2.45) is 5.41 Å². The number of carbonyl (C=O) groups excluding carboxylic acids is 3. The molecule has 5 rings (SSSR count). The van der Waals surface area contributed by atoms with Crippen LogP contribution in [-0.4, -0.2) is 84.5 Å². The SMILES string of the molecule is CNC(C)C(=O)NC(C(=O)N1CCCC1C(=O)Nc1cc2c(Nc3ccc(N4CCCC4)cc3)ncnc2cc1OC)C(C)(C)C. The van der Waals surface area contributed by atoms with Crippen LogP contribution in [0.15, 0.2) is 42.7 Å². The second kappa shape index (κ2) is 13.9. The van der Waals surface area contributed by atoms with Crippen molar-refractivity contribution in [3.05, 3.63) is 42.7 Å². The highest BCUT2D eigenvalue weighted by Gasteiger charge is 2.42. The zero-order valence-electron chi connectivity index (χ0n) is 27.6. The van der Waals surface area contributed by atoms with E-state index in [0.29, 0.717) is 47.5 Å². The average Bonchev–Trinajstić information content (AvgIpc) is 3.76. The Labute approximate surface area is 270 Å². The maximum atomic E-state index is 13.9. The van der Waals surface area contributed by atoms with Gasteiger partial charge in [-0.2, -0.15) is 0 Å². The van der Waals surface area contributed by atoms with Crippen molar-refractivity contribution >= 4 is 51.5 Å². The van der Waals surface area contributed by atoms with E-state index in [1.54, 1.807) is 31.0 Å². The standard InChI is InChI=1S/C34H46N8O4/c1-21(35-5)31(43)40-29(34(2,3)4)33(45)42-17-9-10-27(42)32(44)39-26-18-24-25(19-28(26)46-6)36-20-37-30(24)38-22-11-13-23(14-12-22)41-15-7-8-16-41/h11-14,18-21,27,29,35H,7-10,15-17H2,1-6H3,(H,39,44)(H,40,43)(H,36,37,38). The van der Waals surface area contributed by atoms with Crippen LogP contribution in [0.1, 0.15) is 53.4 Å². The van der Waals surface area contributed by atoms with Gasteiger partial charge in [0, 0.05) is 42.5 Å². The number of methoxy groups -OCH3 is 1. The smallest absolute Gasteiger partial charge is 0.247 e. The lowest BCUT2D eigenvalue weighted by Crippen LogP contribution is -2.59. The molecule has 3 unspecified atom stereocenters. The molecule has 0 radical (unpaired) electrons. The van der Waals surface area contributed by atoms with Crippen LogP contribution < -0.4 is 30.9 Å². The third kappa shape index (κ3) is 7.17. The fraction of sp³-hybridized carbons (Fsp3) is 0.500. The van der Waals surface area contributed by atoms with Gasteiger partial charge >= 0.3 is 0 Å². The highest BCUT2D eigenvalue weighted by molar-refractivity contribution is 6.03. The molecule has 3 aromatic rings. The number of benzene rings is 2. The van der Waals surface area contributed by atoms with Crippen LogP contribution in [0.3, 0.4) is 0 Å². The monoisotopic (exact) mass is 630 g/mol. The van der Waals surface area contributed by atoms with Crippen LogP contribution in [0.2, 0.25) is 0 Å². The van der Waals surface area contributed by atoms with Gasteiger partial charge in [0.05, 0.1) is 24.4 Å². The number of hydrogen-bond donors (Lipinski definition) is 4. The van der Waals surface area contributed by atoms with E-state index in [-0.39, 0.29) is 17.7 Å². The number of nitrogens with zero attached hydrogens (tertiary/aromatic N) is 4. The molecule has 12 nitrogen and oxygen atoms in total. The summed E-state index contributed by atoms with van der Waals surface area (Å²) in [6.45, 7) is 10.0. The summed E-state index contributed by atoms with van der Waals surface area (Å²) in [6.07, 6.45) is 5.11. The molecular formula is C34H46N8O4. The second-order valence-electron chi connectivity index (χ2n) is 13.2. The number of ether oxygens (including phenoxy) is 1. The zero-order valence-corrected chi connectivity index (χ0v) is 27.6. The first-order valence-electron chi connectivity index (χ1n) is 16.0. The minimum Gasteiger partial charge on any atom is -0.494 e. The predicted octanol–water partition coefficient (Wildman–Crippen LogP) is 4.05. The molecule has 2 fully saturated rings. The van der Waals surface area contributed by atoms with E-state index >= 15 is 0 Å². The van der Waals surface area contributed by atoms with Gasteiger partial charge in [-0.25, -0.2) is 9.97 Å². The summed E-state index contributed by atoms with van der Waals surface area (Å²) in [7, 11) is 3.23. The normalized spacial score (nSPS) is 17.9. The number of fused-ring (bicyclic) bond motifs is 1. The highest BCUT2D eigenvalue weighted by atomic mass is 16.5. The number of likely N-dealkylation sites (N-methyl/N-ethyl adjacent to an activating group) is 1. The Hall–Kier alpha value is -4.45. The quantitative estimate of drug-likeness (QED) is 0.261. The van der Waals surface area contributed by atoms with Crippen LogP contribution in [0.25, 0.3) is 10.9 Å². The molecule has 4 N–H and O–H groups in total. The van der Waals surface area contributed by atoms with Crippen LogP contribution >= 0.6 is 0 Å². The molecule has 3 atom stereocenters. The summed E-state index contributed by atoms with van der Waals surface area (Å²) >= 11 is 0. The van der Waals surface area contributed by atoms with Crippen molar-refractivity contribution in [3.8, 4) is 5.75 Å². The number of hydrogen-bond acceptors (Lipinski definition) is 9. The van der Waals surface area contributed by atoms with Crippen LogP contribution in [-0.2, 0) is 14.4 Å². The summed E-state index contributed by atoms with van der Waals surface area (Å²) in [6, 6.07) is 9.89. The van der Waals surface area contributed by atoms with Crippen molar-refractivity contribution in [2.45, 2.75) is 71.5 Å². The topological polar surface area (TPSA) is 141 Å². The van der Waals surface area contributed by atoms with Crippen molar-refractivity contribution < 1.29 is 19.1 Å². The first-order chi connectivity index (χ1) is 22.0. The van der Waals surface area contributed by atoms with Gasteiger partial charge in [-0.3, -0.25) is 14.4 Å². The summed E-state index contributed by atoms with van der Waals surface area (Å²) in [5.74, 6) is 0.162. The van der Waals surface area contributed by atoms with Crippen molar-refractivity contribution in [2.75, 3.05) is 49.3 Å². The largest absolute Gasteiger partial charge is 0.494 e. The zero-order chi connectivity index (χ0) is 33.0. The first kappa shape index (κ1) is 32.9. The fourth-order valence-electron chi connectivity index (χ4n) is 6.05. The molecule has 0 bridgehead atoms. The molecule has 2 saturated heterocycles. The predicted molar refractivity (Wildman–Crippen MR) is 181 cm³/mol. The van der Waals surface area contributed by atoms with Gasteiger partial charge in [-0.15, -0.1) is 0 Å². The van der Waals surface area contributed by atoms with Gasteiger partial charge in [0.2, 0.25) is 17.7 Å². The number of amides is 3. The Morgan fingerprint density at radius 1 is 1.00 bits per heavy atom. The number of carbonyl (C=O) groups is 3. The number of rotatable bonds is 10.